The second-order valence-corrected chi connectivity index (χ2v) is 12.6. The Morgan fingerprint density at radius 1 is 0.684 bits per heavy atom. The van der Waals surface area contributed by atoms with Gasteiger partial charge in [0.15, 0.2) is 7.14 Å². The molecule has 1 unspecified atom stereocenters. The summed E-state index contributed by atoms with van der Waals surface area (Å²) in [7, 11) is -3.18. The van der Waals surface area contributed by atoms with Crippen LogP contribution >= 0.6 is 7.14 Å². The highest BCUT2D eigenvalue weighted by molar-refractivity contribution is 7.86. The van der Waals surface area contributed by atoms with Crippen molar-refractivity contribution < 1.29 is 4.57 Å². The molecule has 0 spiro atoms. The molecule has 1 atom stereocenters. The van der Waals surface area contributed by atoms with Crippen molar-refractivity contribution in [3.8, 4) is 11.4 Å². The molecule has 1 aliphatic rings. The molecule has 0 N–H and O–H groups in total. The van der Waals surface area contributed by atoms with Crippen LogP contribution < -0.4 is 15.9 Å². The van der Waals surface area contributed by atoms with Crippen molar-refractivity contribution in [2.75, 3.05) is 0 Å². The number of benzene rings is 5. The van der Waals surface area contributed by atoms with Gasteiger partial charge in [-0.05, 0) is 36.4 Å². The normalized spacial score (nSPS) is 16.3. The van der Waals surface area contributed by atoms with Crippen LogP contribution in [-0.4, -0.2) is 14.1 Å². The monoisotopic (exact) mass is 509 g/mol. The summed E-state index contributed by atoms with van der Waals surface area (Å²) in [6.07, 6.45) is 0.781. The highest BCUT2D eigenvalue weighted by Crippen LogP contribution is 2.50. The summed E-state index contributed by atoms with van der Waals surface area (Å²) in [4.78, 5) is 5.12. The molecule has 7 aromatic rings. The molecule has 8 rings (SSSR count). The first-order valence-corrected chi connectivity index (χ1v) is 14.7. The van der Waals surface area contributed by atoms with E-state index < -0.39 is 7.14 Å². The number of aryl methyl sites for hydroxylation is 1. The van der Waals surface area contributed by atoms with Gasteiger partial charge in [-0.3, -0.25) is 4.57 Å². The zero-order valence-electron chi connectivity index (χ0n) is 20.9. The van der Waals surface area contributed by atoms with Gasteiger partial charge >= 0.3 is 0 Å². The van der Waals surface area contributed by atoms with E-state index in [2.05, 4.69) is 82.8 Å². The van der Waals surface area contributed by atoms with E-state index >= 15 is 4.57 Å². The molecule has 1 aliphatic heterocycles. The molecule has 0 bridgehead atoms. The molecule has 0 radical (unpaired) electrons. The molecular formula is C33H24N3OP. The molecule has 4 nitrogen and oxygen atoms in total. The maximum absolute atomic E-state index is 15.6. The minimum absolute atomic E-state index is 0.781. The summed E-state index contributed by atoms with van der Waals surface area (Å²) in [6.45, 7) is 2.13. The summed E-state index contributed by atoms with van der Waals surface area (Å²) < 4.78 is 20.1. The molecule has 5 aromatic carbocycles. The molecule has 2 aromatic heterocycles. The van der Waals surface area contributed by atoms with Crippen LogP contribution in [0, 0.1) is 0 Å². The fourth-order valence-electron chi connectivity index (χ4n) is 6.25. The third-order valence-electron chi connectivity index (χ3n) is 7.86. The van der Waals surface area contributed by atoms with Crippen LogP contribution in [0.3, 0.4) is 0 Å². The maximum Gasteiger partial charge on any atom is 0.175 e. The molecule has 0 saturated heterocycles. The van der Waals surface area contributed by atoms with E-state index in [4.69, 9.17) is 4.98 Å². The second kappa shape index (κ2) is 7.80. The molecule has 0 fully saturated rings. The van der Waals surface area contributed by atoms with Gasteiger partial charge in [0.25, 0.3) is 0 Å². The highest BCUT2D eigenvalue weighted by Gasteiger charge is 2.40. The largest absolute Gasteiger partial charge is 0.309 e. The van der Waals surface area contributed by atoms with Crippen LogP contribution in [0.15, 0.2) is 115 Å². The lowest BCUT2D eigenvalue weighted by molar-refractivity contribution is 0.592. The van der Waals surface area contributed by atoms with Gasteiger partial charge in [0.1, 0.15) is 5.82 Å². The Kier molecular flexibility index (Phi) is 4.45. The Bertz CT molecular complexity index is 2050. The summed E-state index contributed by atoms with van der Waals surface area (Å²) in [5, 5.41) is 4.97. The fourth-order valence-corrected chi connectivity index (χ4v) is 9.28. The fraction of sp³-hybridized carbons (Fsp3) is 0.0606. The Labute approximate surface area is 220 Å². The number of hydrogen-bond acceptors (Lipinski definition) is 2. The Morgan fingerprint density at radius 3 is 2.03 bits per heavy atom. The Hall–Kier alpha value is -4.40. The molecule has 0 amide bonds. The second-order valence-electron chi connectivity index (χ2n) is 9.85. The van der Waals surface area contributed by atoms with Gasteiger partial charge in [0, 0.05) is 38.8 Å². The predicted molar refractivity (Wildman–Crippen MR) is 158 cm³/mol. The van der Waals surface area contributed by atoms with Gasteiger partial charge in [-0.15, -0.1) is 0 Å². The first kappa shape index (κ1) is 21.7. The zero-order chi connectivity index (χ0) is 25.4. The number of aromatic nitrogens is 3. The van der Waals surface area contributed by atoms with Crippen molar-refractivity contribution in [3.05, 3.63) is 121 Å². The number of para-hydroxylation sites is 3. The van der Waals surface area contributed by atoms with Crippen molar-refractivity contribution in [2.45, 2.75) is 13.3 Å². The first-order chi connectivity index (χ1) is 18.7. The topological polar surface area (TPSA) is 39.8 Å². The Morgan fingerprint density at radius 2 is 1.32 bits per heavy atom. The minimum Gasteiger partial charge on any atom is -0.309 e. The number of hydrogen-bond donors (Lipinski definition) is 0. The molecule has 5 heteroatoms. The van der Waals surface area contributed by atoms with Gasteiger partial charge in [0.05, 0.1) is 27.8 Å². The van der Waals surface area contributed by atoms with Crippen molar-refractivity contribution in [1.29, 1.82) is 0 Å². The van der Waals surface area contributed by atoms with Crippen molar-refractivity contribution in [1.82, 2.24) is 14.1 Å². The average Bonchev–Trinajstić information content (AvgIpc) is 3.52. The molecular weight excluding hydrogens is 485 g/mol. The van der Waals surface area contributed by atoms with Gasteiger partial charge in [0.2, 0.25) is 0 Å². The van der Waals surface area contributed by atoms with E-state index in [1.165, 1.54) is 10.8 Å². The molecule has 0 saturated carbocycles. The first-order valence-electron chi connectivity index (χ1n) is 13.0. The van der Waals surface area contributed by atoms with Gasteiger partial charge < -0.3 is 9.13 Å². The lowest BCUT2D eigenvalue weighted by atomic mass is 10.2. The van der Waals surface area contributed by atoms with Crippen LogP contribution in [0.5, 0.6) is 0 Å². The number of imidazole rings is 1. The minimum atomic E-state index is -3.18. The molecule has 182 valence electrons. The van der Waals surface area contributed by atoms with Crippen molar-refractivity contribution in [2.24, 2.45) is 0 Å². The standard InChI is InChI=1S/C33H24N3OP/c1-2-32-34-26-20-22(35-27-16-8-6-14-24(27)25-15-7-9-17-28(25)35)21-31-33(26)36(32)29-18-10-11-19-30(29)38(31,37)23-12-4-3-5-13-23/h3-21H,2H2,1H3. The lowest BCUT2D eigenvalue weighted by Crippen LogP contribution is -2.33. The quantitative estimate of drug-likeness (QED) is 0.251. The lowest BCUT2D eigenvalue weighted by Gasteiger charge is -2.29. The summed E-state index contributed by atoms with van der Waals surface area (Å²) in [5.74, 6) is 0.979. The van der Waals surface area contributed by atoms with E-state index in [0.717, 1.165) is 61.6 Å². The molecule has 3 heterocycles. The van der Waals surface area contributed by atoms with Gasteiger partial charge in [-0.25, -0.2) is 4.98 Å². The summed E-state index contributed by atoms with van der Waals surface area (Å²) >= 11 is 0. The number of fused-ring (bicyclic) bond motifs is 5. The van der Waals surface area contributed by atoms with Crippen LogP contribution in [0.2, 0.25) is 0 Å². The SMILES string of the molecule is CCc1nc2cc(-n3c4ccccc4c4ccccc43)cc3c2n1-c1ccccc1P3(=O)c1ccccc1. The maximum atomic E-state index is 15.6. The zero-order valence-corrected chi connectivity index (χ0v) is 21.8. The van der Waals surface area contributed by atoms with E-state index in [1.807, 2.05) is 48.5 Å². The third kappa shape index (κ3) is 2.70. The molecule has 0 aliphatic carbocycles. The molecule has 38 heavy (non-hydrogen) atoms. The predicted octanol–water partition coefficient (Wildman–Crippen LogP) is 6.64. The number of rotatable bonds is 3. The number of nitrogens with zero attached hydrogens (tertiary/aromatic N) is 3. The summed E-state index contributed by atoms with van der Waals surface area (Å²) in [6, 6.07) is 39.4. The smallest absolute Gasteiger partial charge is 0.175 e. The van der Waals surface area contributed by atoms with Crippen LogP contribution in [0.4, 0.5) is 0 Å². The summed E-state index contributed by atoms with van der Waals surface area (Å²) in [5.41, 5.74) is 6.03. The van der Waals surface area contributed by atoms with Crippen LogP contribution in [-0.2, 0) is 11.0 Å². The van der Waals surface area contributed by atoms with E-state index in [9.17, 15) is 0 Å². The van der Waals surface area contributed by atoms with Gasteiger partial charge in [-0.1, -0.05) is 85.8 Å². The van der Waals surface area contributed by atoms with Crippen molar-refractivity contribution >= 4 is 55.9 Å². The van der Waals surface area contributed by atoms with E-state index in [-0.39, 0.29) is 0 Å². The highest BCUT2D eigenvalue weighted by atomic mass is 31.2. The van der Waals surface area contributed by atoms with E-state index in [1.54, 1.807) is 0 Å². The Balaban J connectivity index is 1.56. The van der Waals surface area contributed by atoms with Crippen molar-refractivity contribution in [3.63, 3.8) is 0 Å². The average molecular weight is 510 g/mol. The van der Waals surface area contributed by atoms with Crippen LogP contribution in [0.1, 0.15) is 12.7 Å². The third-order valence-corrected chi connectivity index (χ3v) is 11.0. The van der Waals surface area contributed by atoms with E-state index in [0.29, 0.717) is 0 Å². The van der Waals surface area contributed by atoms with Gasteiger partial charge in [-0.2, -0.15) is 0 Å². The van der Waals surface area contributed by atoms with Crippen LogP contribution in [0.25, 0.3) is 44.2 Å².